The van der Waals surface area contributed by atoms with Gasteiger partial charge < -0.3 is 10.1 Å². The molecule has 1 heterocycles. The lowest BCUT2D eigenvalue weighted by Crippen LogP contribution is -2.38. The Bertz CT molecular complexity index is 139. The van der Waals surface area contributed by atoms with Crippen LogP contribution in [-0.2, 0) is 4.74 Å². The van der Waals surface area contributed by atoms with Crippen molar-refractivity contribution in [2.75, 3.05) is 19.8 Å². The van der Waals surface area contributed by atoms with Crippen LogP contribution in [0.2, 0.25) is 0 Å². The van der Waals surface area contributed by atoms with Crippen LogP contribution in [0.5, 0.6) is 0 Å². The third-order valence-corrected chi connectivity index (χ3v) is 3.04. The molecule has 1 N–H and O–H groups in total. The summed E-state index contributed by atoms with van der Waals surface area (Å²) >= 11 is 0. The predicted molar refractivity (Wildman–Crippen MR) is 49.1 cm³/mol. The van der Waals surface area contributed by atoms with Crippen molar-refractivity contribution < 1.29 is 4.74 Å². The van der Waals surface area contributed by atoms with Gasteiger partial charge >= 0.3 is 0 Å². The first-order valence-corrected chi connectivity index (χ1v) is 5.23. The molecule has 2 aliphatic rings. The third kappa shape index (κ3) is 1.80. The van der Waals surface area contributed by atoms with Crippen LogP contribution in [-0.4, -0.2) is 25.8 Å². The van der Waals surface area contributed by atoms with E-state index in [0.29, 0.717) is 0 Å². The number of rotatable bonds is 4. The fraction of sp³-hybridized carbons (Fsp3) is 1.00. The number of nitrogens with one attached hydrogen (secondary N) is 1. The summed E-state index contributed by atoms with van der Waals surface area (Å²) in [6.45, 7) is 5.29. The zero-order valence-corrected chi connectivity index (χ0v) is 7.88. The first-order valence-electron chi connectivity index (χ1n) is 5.23. The molecule has 1 aliphatic carbocycles. The molecular formula is C10H19NO. The Kier molecular flexibility index (Phi) is 2.66. The average molecular weight is 169 g/mol. The van der Waals surface area contributed by atoms with Crippen molar-refractivity contribution in [2.45, 2.75) is 32.2 Å². The number of hydrogen-bond donors (Lipinski definition) is 1. The van der Waals surface area contributed by atoms with Gasteiger partial charge in [-0.05, 0) is 31.7 Å². The summed E-state index contributed by atoms with van der Waals surface area (Å²) in [6.07, 6.45) is 4.15. The fourth-order valence-corrected chi connectivity index (χ4v) is 2.25. The molecule has 2 rings (SSSR count). The van der Waals surface area contributed by atoms with Crippen LogP contribution in [0.3, 0.4) is 0 Å². The number of hydrogen-bond acceptors (Lipinski definition) is 2. The molecule has 0 aromatic heterocycles. The fourth-order valence-electron chi connectivity index (χ4n) is 2.25. The van der Waals surface area contributed by atoms with E-state index < -0.39 is 0 Å². The zero-order chi connectivity index (χ0) is 8.39. The molecule has 0 radical (unpaired) electrons. The Morgan fingerprint density at radius 2 is 2.17 bits per heavy atom. The summed E-state index contributed by atoms with van der Waals surface area (Å²) in [5, 5.41) is 3.61. The minimum absolute atomic E-state index is 0.762. The maximum absolute atomic E-state index is 5.42. The van der Waals surface area contributed by atoms with Crippen LogP contribution in [0.4, 0.5) is 0 Å². The van der Waals surface area contributed by atoms with Gasteiger partial charge in [0.1, 0.15) is 0 Å². The predicted octanol–water partition coefficient (Wildman–Crippen LogP) is 1.41. The van der Waals surface area contributed by atoms with E-state index in [9.17, 15) is 0 Å². The third-order valence-electron chi connectivity index (χ3n) is 3.04. The van der Waals surface area contributed by atoms with Crippen LogP contribution in [0.1, 0.15) is 26.2 Å². The monoisotopic (exact) mass is 169 g/mol. The Labute approximate surface area is 74.7 Å². The molecule has 1 aliphatic heterocycles. The van der Waals surface area contributed by atoms with Crippen LogP contribution < -0.4 is 5.32 Å². The van der Waals surface area contributed by atoms with Crippen LogP contribution in [0, 0.1) is 11.8 Å². The Morgan fingerprint density at radius 3 is 2.67 bits per heavy atom. The molecule has 0 amide bonds. The van der Waals surface area contributed by atoms with Gasteiger partial charge in [-0.25, -0.2) is 0 Å². The van der Waals surface area contributed by atoms with E-state index >= 15 is 0 Å². The minimum atomic E-state index is 0.762. The van der Waals surface area contributed by atoms with Crippen molar-refractivity contribution >= 4 is 0 Å². The molecule has 0 aromatic carbocycles. The van der Waals surface area contributed by atoms with Crippen LogP contribution in [0.15, 0.2) is 0 Å². The summed E-state index contributed by atoms with van der Waals surface area (Å²) in [5.41, 5.74) is 0. The molecular weight excluding hydrogens is 150 g/mol. The molecule has 2 heteroatoms. The molecule has 2 fully saturated rings. The molecule has 1 saturated heterocycles. The van der Waals surface area contributed by atoms with Crippen molar-refractivity contribution in [1.29, 1.82) is 0 Å². The molecule has 70 valence electrons. The molecule has 2 nitrogen and oxygen atoms in total. The summed E-state index contributed by atoms with van der Waals surface area (Å²) < 4.78 is 5.42. The molecule has 12 heavy (non-hydrogen) atoms. The van der Waals surface area contributed by atoms with Crippen molar-refractivity contribution in [3.8, 4) is 0 Å². The van der Waals surface area contributed by atoms with Crippen molar-refractivity contribution in [2.24, 2.45) is 11.8 Å². The van der Waals surface area contributed by atoms with Gasteiger partial charge in [0.05, 0.1) is 6.61 Å². The quantitative estimate of drug-likeness (QED) is 0.687. The smallest absolute Gasteiger partial charge is 0.0510 e. The van der Waals surface area contributed by atoms with E-state index in [4.69, 9.17) is 4.74 Å². The largest absolute Gasteiger partial charge is 0.381 e. The SMILES string of the molecule is CCNC(C1CC1)C1CCOC1. The van der Waals surface area contributed by atoms with E-state index in [-0.39, 0.29) is 0 Å². The first-order chi connectivity index (χ1) is 5.92. The van der Waals surface area contributed by atoms with Gasteiger partial charge in [0, 0.05) is 18.6 Å². The molecule has 0 bridgehead atoms. The van der Waals surface area contributed by atoms with Gasteiger partial charge in [0.15, 0.2) is 0 Å². The van der Waals surface area contributed by atoms with Gasteiger partial charge in [-0.15, -0.1) is 0 Å². The van der Waals surface area contributed by atoms with Crippen molar-refractivity contribution in [3.63, 3.8) is 0 Å². The van der Waals surface area contributed by atoms with E-state index in [1.807, 2.05) is 0 Å². The lowest BCUT2D eigenvalue weighted by atomic mass is 9.95. The minimum Gasteiger partial charge on any atom is -0.381 e. The van der Waals surface area contributed by atoms with Gasteiger partial charge in [-0.1, -0.05) is 6.92 Å². The van der Waals surface area contributed by atoms with Crippen molar-refractivity contribution in [3.05, 3.63) is 0 Å². The molecule has 0 aromatic rings. The lowest BCUT2D eigenvalue weighted by molar-refractivity contribution is 0.173. The molecule has 0 spiro atoms. The number of ether oxygens (including phenoxy) is 1. The van der Waals surface area contributed by atoms with E-state index in [1.165, 1.54) is 19.3 Å². The van der Waals surface area contributed by atoms with Crippen LogP contribution >= 0.6 is 0 Å². The van der Waals surface area contributed by atoms with E-state index in [2.05, 4.69) is 12.2 Å². The lowest BCUT2D eigenvalue weighted by Gasteiger charge is -2.22. The topological polar surface area (TPSA) is 21.3 Å². The van der Waals surface area contributed by atoms with Gasteiger partial charge in [0.25, 0.3) is 0 Å². The molecule has 2 atom stereocenters. The zero-order valence-electron chi connectivity index (χ0n) is 7.88. The summed E-state index contributed by atoms with van der Waals surface area (Å²) in [5.74, 6) is 1.77. The van der Waals surface area contributed by atoms with Gasteiger partial charge in [0.2, 0.25) is 0 Å². The van der Waals surface area contributed by atoms with Gasteiger partial charge in [-0.3, -0.25) is 0 Å². The summed E-state index contributed by atoms with van der Waals surface area (Å²) in [4.78, 5) is 0. The highest BCUT2D eigenvalue weighted by atomic mass is 16.5. The average Bonchev–Trinajstić information content (AvgIpc) is 2.77. The Morgan fingerprint density at radius 1 is 1.33 bits per heavy atom. The highest BCUT2D eigenvalue weighted by Crippen LogP contribution is 2.37. The summed E-state index contributed by atoms with van der Waals surface area (Å²) in [6, 6.07) is 0.762. The Balaban J connectivity index is 1.85. The van der Waals surface area contributed by atoms with Crippen molar-refractivity contribution in [1.82, 2.24) is 5.32 Å². The first kappa shape index (κ1) is 8.52. The maximum atomic E-state index is 5.42. The van der Waals surface area contributed by atoms with Gasteiger partial charge in [-0.2, -0.15) is 0 Å². The Hall–Kier alpha value is -0.0800. The second-order valence-corrected chi connectivity index (χ2v) is 4.04. The second kappa shape index (κ2) is 3.75. The standard InChI is InChI=1S/C10H19NO/c1-2-11-10(8-3-4-8)9-5-6-12-7-9/h8-11H,2-7H2,1H3. The van der Waals surface area contributed by atoms with E-state index in [1.54, 1.807) is 0 Å². The molecule has 1 saturated carbocycles. The highest BCUT2D eigenvalue weighted by molar-refractivity contribution is 4.91. The highest BCUT2D eigenvalue weighted by Gasteiger charge is 2.37. The van der Waals surface area contributed by atoms with Crippen LogP contribution in [0.25, 0.3) is 0 Å². The maximum Gasteiger partial charge on any atom is 0.0510 e. The second-order valence-electron chi connectivity index (χ2n) is 4.04. The normalized spacial score (nSPS) is 32.2. The summed E-state index contributed by atoms with van der Waals surface area (Å²) in [7, 11) is 0. The van der Waals surface area contributed by atoms with E-state index in [0.717, 1.165) is 37.6 Å². The molecule has 2 unspecified atom stereocenters.